The number of nitrogens with zero attached hydrogens (tertiary/aromatic N) is 3. The molecule has 106 valence electrons. The van der Waals surface area contributed by atoms with Gasteiger partial charge < -0.3 is 10.4 Å². The van der Waals surface area contributed by atoms with E-state index in [1.807, 2.05) is 44.4 Å². The zero-order chi connectivity index (χ0) is 14.8. The van der Waals surface area contributed by atoms with Crippen molar-refractivity contribution < 1.29 is 9.90 Å². The minimum atomic E-state index is -0.900. The van der Waals surface area contributed by atoms with Crippen LogP contribution in [0.15, 0.2) is 42.3 Å². The second-order valence-electron chi connectivity index (χ2n) is 5.38. The Bertz CT molecular complexity index is 808. The van der Waals surface area contributed by atoms with Gasteiger partial charge in [-0.05, 0) is 19.1 Å². The van der Waals surface area contributed by atoms with Gasteiger partial charge in [0.2, 0.25) is 0 Å². The van der Waals surface area contributed by atoms with E-state index in [1.165, 1.54) is 0 Å². The van der Waals surface area contributed by atoms with Gasteiger partial charge in [0.05, 0.1) is 17.1 Å². The summed E-state index contributed by atoms with van der Waals surface area (Å²) in [6, 6.07) is 7.56. The number of aryl methyl sites for hydroxylation is 2. The third kappa shape index (κ3) is 1.36. The Balaban J connectivity index is 1.99. The number of carbonyl (C=O) groups is 1. The molecule has 4 rings (SSSR count). The van der Waals surface area contributed by atoms with Crippen LogP contribution >= 0.6 is 0 Å². The smallest absolute Gasteiger partial charge is 0.295 e. The van der Waals surface area contributed by atoms with Gasteiger partial charge >= 0.3 is 0 Å². The molecule has 6 nitrogen and oxygen atoms in total. The summed E-state index contributed by atoms with van der Waals surface area (Å²) in [5.74, 6) is -0.657. The fourth-order valence-electron chi connectivity index (χ4n) is 3.21. The Morgan fingerprint density at radius 3 is 2.81 bits per heavy atom. The summed E-state index contributed by atoms with van der Waals surface area (Å²) >= 11 is 0. The minimum Gasteiger partial charge on any atom is -0.503 e. The highest BCUT2D eigenvalue weighted by atomic mass is 16.3. The largest absolute Gasteiger partial charge is 0.503 e. The molecule has 0 saturated carbocycles. The van der Waals surface area contributed by atoms with Crippen LogP contribution in [0.5, 0.6) is 0 Å². The Kier molecular flexibility index (Phi) is 2.10. The molecule has 1 amide bonds. The minimum absolute atomic E-state index is 0.250. The topological polar surface area (TPSA) is 70.4 Å². The molecule has 1 aromatic heterocycles. The first-order chi connectivity index (χ1) is 10.0. The summed E-state index contributed by atoms with van der Waals surface area (Å²) in [4.78, 5) is 14.0. The van der Waals surface area contributed by atoms with Gasteiger partial charge in [-0.1, -0.05) is 12.1 Å². The fourth-order valence-corrected chi connectivity index (χ4v) is 3.21. The summed E-state index contributed by atoms with van der Waals surface area (Å²) < 4.78 is 1.70. The lowest BCUT2D eigenvalue weighted by atomic mass is 10.0. The highest BCUT2D eigenvalue weighted by Gasteiger charge is 2.54. The second-order valence-corrected chi connectivity index (χ2v) is 5.38. The number of aliphatic hydroxyl groups is 1. The standard InChI is InChI=1S/C15H14N4O2/c1-9-10(8-18(2)17-9)15-7-13(20)14(21)19(15)12-6-4-3-5-11(12)16-15/h3-8,16,20H,1-2H3/t15-/m1/s1. The molecule has 3 heterocycles. The molecule has 0 bridgehead atoms. The van der Waals surface area contributed by atoms with Gasteiger partial charge in [0.25, 0.3) is 5.91 Å². The molecule has 0 fully saturated rings. The molecular formula is C15H14N4O2. The number of nitrogens with one attached hydrogen (secondary N) is 1. The van der Waals surface area contributed by atoms with Gasteiger partial charge in [0.15, 0.2) is 11.4 Å². The quantitative estimate of drug-likeness (QED) is 0.836. The van der Waals surface area contributed by atoms with E-state index >= 15 is 0 Å². The number of aromatic nitrogens is 2. The average molecular weight is 282 g/mol. The number of anilines is 2. The van der Waals surface area contributed by atoms with Gasteiger partial charge in [-0.2, -0.15) is 5.10 Å². The molecule has 2 aliphatic rings. The average Bonchev–Trinajstić information content (AvgIpc) is 3.02. The summed E-state index contributed by atoms with van der Waals surface area (Å²) in [6.45, 7) is 1.89. The van der Waals surface area contributed by atoms with Gasteiger partial charge in [-0.25, -0.2) is 0 Å². The molecule has 0 unspecified atom stereocenters. The maximum Gasteiger partial charge on any atom is 0.295 e. The summed E-state index contributed by atoms with van der Waals surface area (Å²) in [6.07, 6.45) is 3.42. The van der Waals surface area contributed by atoms with Crippen molar-refractivity contribution in [2.75, 3.05) is 10.2 Å². The molecule has 0 saturated heterocycles. The molecule has 2 aromatic rings. The molecule has 1 aromatic carbocycles. The van der Waals surface area contributed by atoms with E-state index in [0.717, 1.165) is 22.6 Å². The van der Waals surface area contributed by atoms with Crippen molar-refractivity contribution in [3.8, 4) is 0 Å². The first-order valence-corrected chi connectivity index (χ1v) is 6.67. The molecule has 0 aliphatic carbocycles. The van der Waals surface area contributed by atoms with E-state index in [4.69, 9.17) is 0 Å². The fraction of sp³-hybridized carbons (Fsp3) is 0.200. The van der Waals surface area contributed by atoms with Crippen molar-refractivity contribution >= 4 is 17.3 Å². The summed E-state index contributed by atoms with van der Waals surface area (Å²) in [5, 5.41) is 17.7. The van der Waals surface area contributed by atoms with E-state index in [0.29, 0.717) is 0 Å². The Morgan fingerprint density at radius 1 is 1.33 bits per heavy atom. The van der Waals surface area contributed by atoms with Crippen LogP contribution in [0, 0.1) is 6.92 Å². The molecule has 0 spiro atoms. The highest BCUT2D eigenvalue weighted by molar-refractivity contribution is 6.13. The van der Waals surface area contributed by atoms with E-state index in [1.54, 1.807) is 15.7 Å². The normalized spacial score (nSPS) is 22.9. The lowest BCUT2D eigenvalue weighted by Gasteiger charge is -2.30. The van der Waals surface area contributed by atoms with Crippen LogP contribution < -0.4 is 10.2 Å². The van der Waals surface area contributed by atoms with Gasteiger partial charge in [0.1, 0.15) is 0 Å². The van der Waals surface area contributed by atoms with Crippen LogP contribution in [0.25, 0.3) is 0 Å². The van der Waals surface area contributed by atoms with Crippen LogP contribution in [0.2, 0.25) is 0 Å². The van der Waals surface area contributed by atoms with E-state index in [-0.39, 0.29) is 5.76 Å². The van der Waals surface area contributed by atoms with Crippen molar-refractivity contribution in [2.45, 2.75) is 12.6 Å². The molecular weight excluding hydrogens is 268 g/mol. The van der Waals surface area contributed by atoms with E-state index in [2.05, 4.69) is 10.4 Å². The molecule has 1 atom stereocenters. The second kappa shape index (κ2) is 3.66. The Labute approximate surface area is 121 Å². The van der Waals surface area contributed by atoms with E-state index < -0.39 is 11.6 Å². The van der Waals surface area contributed by atoms with Crippen LogP contribution in [0.1, 0.15) is 11.3 Å². The van der Waals surface area contributed by atoms with Crippen molar-refractivity contribution in [1.82, 2.24) is 9.78 Å². The van der Waals surface area contributed by atoms with Crippen molar-refractivity contribution in [1.29, 1.82) is 0 Å². The molecule has 2 aliphatic heterocycles. The molecule has 2 N–H and O–H groups in total. The van der Waals surface area contributed by atoms with Crippen molar-refractivity contribution in [3.05, 3.63) is 53.6 Å². The maximum absolute atomic E-state index is 12.4. The van der Waals surface area contributed by atoms with Crippen LogP contribution in [0.4, 0.5) is 11.4 Å². The SMILES string of the molecule is Cc1nn(C)cc1[C@@]12C=C(O)C(=O)N1c1ccccc1N2. The van der Waals surface area contributed by atoms with Gasteiger partial charge in [-0.15, -0.1) is 0 Å². The van der Waals surface area contributed by atoms with Gasteiger partial charge in [0, 0.05) is 24.9 Å². The van der Waals surface area contributed by atoms with Crippen LogP contribution in [-0.4, -0.2) is 20.8 Å². The number of carbonyl (C=O) groups excluding carboxylic acids is 1. The lowest BCUT2D eigenvalue weighted by molar-refractivity contribution is -0.117. The van der Waals surface area contributed by atoms with Gasteiger partial charge in [-0.3, -0.25) is 14.4 Å². The third-order valence-electron chi connectivity index (χ3n) is 4.01. The number of para-hydroxylation sites is 2. The first kappa shape index (κ1) is 12.0. The number of fused-ring (bicyclic) bond motifs is 3. The summed E-state index contributed by atoms with van der Waals surface area (Å²) in [5.41, 5.74) is 2.37. The predicted octanol–water partition coefficient (Wildman–Crippen LogP) is 1.80. The predicted molar refractivity (Wildman–Crippen MR) is 77.9 cm³/mol. The zero-order valence-electron chi connectivity index (χ0n) is 11.7. The van der Waals surface area contributed by atoms with Crippen molar-refractivity contribution in [2.24, 2.45) is 7.05 Å². The van der Waals surface area contributed by atoms with E-state index in [9.17, 15) is 9.90 Å². The maximum atomic E-state index is 12.4. The lowest BCUT2D eigenvalue weighted by Crippen LogP contribution is -2.45. The number of hydrogen-bond donors (Lipinski definition) is 2. The Hall–Kier alpha value is -2.76. The number of rotatable bonds is 1. The molecule has 21 heavy (non-hydrogen) atoms. The monoisotopic (exact) mass is 282 g/mol. The summed E-state index contributed by atoms with van der Waals surface area (Å²) in [7, 11) is 1.83. The van der Waals surface area contributed by atoms with Crippen LogP contribution in [-0.2, 0) is 17.5 Å². The number of amides is 1. The zero-order valence-corrected chi connectivity index (χ0v) is 11.7. The van der Waals surface area contributed by atoms with Crippen molar-refractivity contribution in [3.63, 3.8) is 0 Å². The highest BCUT2D eigenvalue weighted by Crippen LogP contribution is 2.50. The number of hydrogen-bond acceptors (Lipinski definition) is 4. The molecule has 6 heteroatoms. The number of benzene rings is 1. The van der Waals surface area contributed by atoms with Crippen LogP contribution in [0.3, 0.4) is 0 Å². The Morgan fingerprint density at radius 2 is 2.10 bits per heavy atom. The first-order valence-electron chi connectivity index (χ1n) is 6.67. The third-order valence-corrected chi connectivity index (χ3v) is 4.01. The number of aliphatic hydroxyl groups excluding tert-OH is 1. The molecule has 0 radical (unpaired) electrons.